The van der Waals surface area contributed by atoms with Crippen molar-refractivity contribution < 1.29 is 0 Å². The Morgan fingerprint density at radius 1 is 1.40 bits per heavy atom. The van der Waals surface area contributed by atoms with Gasteiger partial charge in [-0.05, 0) is 56.5 Å². The fourth-order valence-electron chi connectivity index (χ4n) is 3.63. The lowest BCUT2D eigenvalue weighted by molar-refractivity contribution is 0.183. The Kier molecular flexibility index (Phi) is 5.64. The Bertz CT molecular complexity index is 397. The molecular weight excluding hydrogens is 246 g/mol. The number of hydrogen-bond donors (Lipinski definition) is 1. The summed E-state index contributed by atoms with van der Waals surface area (Å²) in [6.07, 6.45) is 9.29. The third-order valence-electron chi connectivity index (χ3n) is 5.00. The van der Waals surface area contributed by atoms with Crippen molar-refractivity contribution in [2.75, 3.05) is 13.1 Å². The monoisotopic (exact) mass is 277 g/mol. The lowest BCUT2D eigenvalue weighted by Crippen LogP contribution is -2.34. The summed E-state index contributed by atoms with van der Waals surface area (Å²) in [6, 6.07) is 0. The molecular formula is C17H31N3. The first kappa shape index (κ1) is 15.6. The highest BCUT2D eigenvalue weighted by atomic mass is 15.0. The molecule has 20 heavy (non-hydrogen) atoms. The van der Waals surface area contributed by atoms with Crippen LogP contribution in [0.3, 0.4) is 0 Å². The number of nitrogens with one attached hydrogen (secondary N) is 1. The van der Waals surface area contributed by atoms with Gasteiger partial charge in [0.15, 0.2) is 0 Å². The highest BCUT2D eigenvalue weighted by Gasteiger charge is 2.34. The number of imidazole rings is 1. The lowest BCUT2D eigenvalue weighted by Gasteiger charge is -2.37. The third-order valence-corrected chi connectivity index (χ3v) is 5.00. The van der Waals surface area contributed by atoms with Gasteiger partial charge in [-0.25, -0.2) is 4.98 Å². The molecule has 0 aromatic carbocycles. The van der Waals surface area contributed by atoms with E-state index in [0.29, 0.717) is 5.92 Å². The van der Waals surface area contributed by atoms with E-state index in [2.05, 4.69) is 48.9 Å². The summed E-state index contributed by atoms with van der Waals surface area (Å²) in [4.78, 5) is 4.65. The zero-order valence-electron chi connectivity index (χ0n) is 13.6. The number of hydrogen-bond acceptors (Lipinski definition) is 2. The van der Waals surface area contributed by atoms with Gasteiger partial charge in [0.25, 0.3) is 0 Å². The van der Waals surface area contributed by atoms with Crippen LogP contribution in [0.1, 0.15) is 58.2 Å². The second kappa shape index (κ2) is 7.26. The second-order valence-electron chi connectivity index (χ2n) is 6.78. The summed E-state index contributed by atoms with van der Waals surface area (Å²) < 4.78 is 2.22. The molecule has 3 unspecified atom stereocenters. The highest BCUT2D eigenvalue weighted by molar-refractivity contribution is 5.05. The molecule has 2 rings (SSSR count). The Morgan fingerprint density at radius 2 is 2.20 bits per heavy atom. The van der Waals surface area contributed by atoms with E-state index < -0.39 is 0 Å². The van der Waals surface area contributed by atoms with Crippen LogP contribution in [0.15, 0.2) is 12.4 Å². The largest absolute Gasteiger partial charge is 0.338 e. The first-order valence-electron chi connectivity index (χ1n) is 8.31. The maximum atomic E-state index is 4.65. The van der Waals surface area contributed by atoms with Crippen LogP contribution in [0.2, 0.25) is 0 Å². The van der Waals surface area contributed by atoms with E-state index in [1.165, 1.54) is 31.5 Å². The van der Waals surface area contributed by atoms with Gasteiger partial charge in [-0.15, -0.1) is 0 Å². The summed E-state index contributed by atoms with van der Waals surface area (Å²) in [5.74, 6) is 4.32. The van der Waals surface area contributed by atoms with Gasteiger partial charge in [-0.3, -0.25) is 0 Å². The predicted molar refractivity (Wildman–Crippen MR) is 84.8 cm³/mol. The van der Waals surface area contributed by atoms with Gasteiger partial charge in [-0.1, -0.05) is 20.8 Å². The zero-order valence-corrected chi connectivity index (χ0v) is 13.6. The van der Waals surface area contributed by atoms with E-state index in [-0.39, 0.29) is 0 Å². The molecule has 0 spiro atoms. The average Bonchev–Trinajstić information content (AvgIpc) is 2.85. The third kappa shape index (κ3) is 3.63. The van der Waals surface area contributed by atoms with Crippen LogP contribution in [0.5, 0.6) is 0 Å². The minimum absolute atomic E-state index is 0.625. The molecule has 114 valence electrons. The summed E-state index contributed by atoms with van der Waals surface area (Å²) in [7, 11) is 2.14. The van der Waals surface area contributed by atoms with Crippen LogP contribution in [0.25, 0.3) is 0 Å². The second-order valence-corrected chi connectivity index (χ2v) is 6.78. The number of aromatic nitrogens is 2. The zero-order chi connectivity index (χ0) is 14.5. The first-order valence-corrected chi connectivity index (χ1v) is 8.31. The number of aryl methyl sites for hydroxylation is 1. The lowest BCUT2D eigenvalue weighted by atomic mass is 9.70. The fourth-order valence-corrected chi connectivity index (χ4v) is 3.63. The number of rotatable bonds is 6. The Labute approximate surface area is 124 Å². The quantitative estimate of drug-likeness (QED) is 0.806. The molecule has 3 nitrogen and oxygen atoms in total. The van der Waals surface area contributed by atoms with Crippen molar-refractivity contribution >= 4 is 0 Å². The predicted octanol–water partition coefficient (Wildman–Crippen LogP) is 3.58. The van der Waals surface area contributed by atoms with Crippen LogP contribution < -0.4 is 5.32 Å². The van der Waals surface area contributed by atoms with Crippen molar-refractivity contribution in [3.05, 3.63) is 18.2 Å². The SMILES string of the molecule is CCCNCC1CCC(C(C)C)CC1c1nccn1C. The molecule has 1 heterocycles. The molecule has 1 saturated carbocycles. The van der Waals surface area contributed by atoms with Gasteiger partial charge in [-0.2, -0.15) is 0 Å². The van der Waals surface area contributed by atoms with E-state index in [4.69, 9.17) is 0 Å². The first-order chi connectivity index (χ1) is 9.63. The van der Waals surface area contributed by atoms with Gasteiger partial charge < -0.3 is 9.88 Å². The molecule has 1 aromatic heterocycles. The maximum Gasteiger partial charge on any atom is 0.111 e. The van der Waals surface area contributed by atoms with Crippen molar-refractivity contribution in [3.63, 3.8) is 0 Å². The summed E-state index contributed by atoms with van der Waals surface area (Å²) in [6.45, 7) is 9.26. The van der Waals surface area contributed by atoms with Crippen molar-refractivity contribution in [1.29, 1.82) is 0 Å². The molecule has 0 bridgehead atoms. The molecule has 1 fully saturated rings. The van der Waals surface area contributed by atoms with E-state index in [1.54, 1.807) is 0 Å². The molecule has 1 aliphatic rings. The highest BCUT2D eigenvalue weighted by Crippen LogP contribution is 2.42. The summed E-state index contributed by atoms with van der Waals surface area (Å²) in [5, 5.41) is 3.62. The number of nitrogens with zero attached hydrogens (tertiary/aromatic N) is 2. The van der Waals surface area contributed by atoms with Crippen molar-refractivity contribution in [2.24, 2.45) is 24.8 Å². The molecule has 0 radical (unpaired) electrons. The van der Waals surface area contributed by atoms with Crippen LogP contribution in [-0.2, 0) is 7.05 Å². The van der Waals surface area contributed by atoms with Crippen LogP contribution in [0, 0.1) is 17.8 Å². The summed E-state index contributed by atoms with van der Waals surface area (Å²) in [5.41, 5.74) is 0. The fraction of sp³-hybridized carbons (Fsp3) is 0.824. The van der Waals surface area contributed by atoms with Gasteiger partial charge in [0.05, 0.1) is 0 Å². The molecule has 1 aliphatic carbocycles. The molecule has 1 aromatic rings. The molecule has 1 N–H and O–H groups in total. The van der Waals surface area contributed by atoms with E-state index >= 15 is 0 Å². The van der Waals surface area contributed by atoms with Gasteiger partial charge in [0.1, 0.15) is 5.82 Å². The van der Waals surface area contributed by atoms with Crippen molar-refractivity contribution in [2.45, 2.75) is 52.4 Å². The molecule has 0 amide bonds. The Balaban J connectivity index is 2.08. The van der Waals surface area contributed by atoms with Gasteiger partial charge in [0, 0.05) is 25.4 Å². The van der Waals surface area contributed by atoms with E-state index in [9.17, 15) is 0 Å². The minimum Gasteiger partial charge on any atom is -0.338 e. The van der Waals surface area contributed by atoms with Gasteiger partial charge in [0.2, 0.25) is 0 Å². The molecule has 0 saturated heterocycles. The van der Waals surface area contributed by atoms with Gasteiger partial charge >= 0.3 is 0 Å². The smallest absolute Gasteiger partial charge is 0.111 e. The average molecular weight is 277 g/mol. The van der Waals surface area contributed by atoms with Crippen LogP contribution in [0.4, 0.5) is 0 Å². The van der Waals surface area contributed by atoms with E-state index in [0.717, 1.165) is 30.8 Å². The van der Waals surface area contributed by atoms with Crippen molar-refractivity contribution in [3.8, 4) is 0 Å². The Hall–Kier alpha value is -0.830. The Morgan fingerprint density at radius 3 is 2.80 bits per heavy atom. The maximum absolute atomic E-state index is 4.65. The van der Waals surface area contributed by atoms with Crippen LogP contribution in [-0.4, -0.2) is 22.6 Å². The van der Waals surface area contributed by atoms with Crippen LogP contribution >= 0.6 is 0 Å². The van der Waals surface area contributed by atoms with Crippen molar-refractivity contribution in [1.82, 2.24) is 14.9 Å². The molecule has 0 aliphatic heterocycles. The molecule has 3 heteroatoms. The summed E-state index contributed by atoms with van der Waals surface area (Å²) >= 11 is 0. The normalized spacial score (nSPS) is 27.1. The minimum atomic E-state index is 0.625. The van der Waals surface area contributed by atoms with E-state index in [1.807, 2.05) is 6.20 Å². The topological polar surface area (TPSA) is 29.9 Å². The standard InChI is InChI=1S/C17H31N3/c1-5-8-18-12-15-7-6-14(13(2)3)11-16(15)17-19-9-10-20(17)4/h9-10,13-16,18H,5-8,11-12H2,1-4H3. The molecule has 3 atom stereocenters.